The van der Waals surface area contributed by atoms with Crippen LogP contribution in [0.25, 0.3) is 10.9 Å². The molecule has 0 unspecified atom stereocenters. The van der Waals surface area contributed by atoms with Gasteiger partial charge in [0.15, 0.2) is 0 Å². The lowest BCUT2D eigenvalue weighted by atomic mass is 10.1. The molecular formula is C22H23N7. The van der Waals surface area contributed by atoms with Crippen LogP contribution >= 0.6 is 0 Å². The smallest absolute Gasteiger partial charge is 0.141 e. The zero-order chi connectivity index (χ0) is 19.8. The van der Waals surface area contributed by atoms with Crippen LogP contribution < -0.4 is 5.32 Å². The maximum atomic E-state index is 4.46. The van der Waals surface area contributed by atoms with Crippen molar-refractivity contribution >= 4 is 22.4 Å². The van der Waals surface area contributed by atoms with E-state index >= 15 is 0 Å². The predicted molar refractivity (Wildman–Crippen MR) is 113 cm³/mol. The van der Waals surface area contributed by atoms with Crippen LogP contribution in [-0.4, -0.2) is 36.2 Å². The Hall–Kier alpha value is -3.32. The van der Waals surface area contributed by atoms with E-state index in [2.05, 4.69) is 74.4 Å². The third-order valence-electron chi connectivity index (χ3n) is 5.48. The Kier molecular flexibility index (Phi) is 4.44. The molecule has 2 aromatic heterocycles. The second-order valence-electron chi connectivity index (χ2n) is 7.62. The first-order valence-electron chi connectivity index (χ1n) is 9.83. The Bertz CT molecular complexity index is 1180. The molecule has 1 N–H and O–H groups in total. The van der Waals surface area contributed by atoms with Crippen LogP contribution in [0.2, 0.25) is 0 Å². The number of nitrogens with zero attached hydrogens (tertiary/aromatic N) is 6. The minimum atomic E-state index is 0.834. The third-order valence-corrected chi connectivity index (χ3v) is 5.48. The summed E-state index contributed by atoms with van der Waals surface area (Å²) in [7, 11) is 0. The molecule has 0 amide bonds. The van der Waals surface area contributed by atoms with E-state index in [4.69, 9.17) is 0 Å². The highest BCUT2D eigenvalue weighted by Gasteiger charge is 2.18. The molecule has 7 nitrogen and oxygen atoms in total. The fourth-order valence-corrected chi connectivity index (χ4v) is 3.85. The quantitative estimate of drug-likeness (QED) is 0.579. The average Bonchev–Trinajstić information content (AvgIpc) is 3.18. The van der Waals surface area contributed by atoms with Gasteiger partial charge in [-0.15, -0.1) is 0 Å². The number of nitrogens with one attached hydrogen (secondary N) is 1. The summed E-state index contributed by atoms with van der Waals surface area (Å²) in [6.45, 7) is 7.88. The summed E-state index contributed by atoms with van der Waals surface area (Å²) in [5.74, 6) is 1.87. The second kappa shape index (κ2) is 7.25. The topological polar surface area (TPSA) is 71.8 Å². The molecule has 5 rings (SSSR count). The van der Waals surface area contributed by atoms with Gasteiger partial charge in [-0.2, -0.15) is 5.10 Å². The number of rotatable bonds is 4. The van der Waals surface area contributed by atoms with E-state index in [1.807, 2.05) is 10.7 Å². The van der Waals surface area contributed by atoms with E-state index in [9.17, 15) is 0 Å². The molecule has 0 spiro atoms. The first-order chi connectivity index (χ1) is 14.2. The fraction of sp³-hybridized carbons (Fsp3) is 0.273. The molecule has 2 aromatic carbocycles. The number of hydrogen-bond acceptors (Lipinski definition) is 6. The molecule has 1 aliphatic rings. The van der Waals surface area contributed by atoms with Crippen LogP contribution in [0.4, 0.5) is 11.5 Å². The molecule has 0 saturated carbocycles. The standard InChI is InChI=1S/C22H23N7/c1-15-3-6-20-19(9-15)22(25-13-23-20)27-18-5-4-17(16(2)10-18)11-28-7-8-29-21(12-28)24-14-26-29/h3-6,9-10,13-14H,7-8,11-12H2,1-2H3,(H,23,25,27). The molecule has 0 fully saturated rings. The van der Waals surface area contributed by atoms with E-state index in [0.717, 1.165) is 54.4 Å². The summed E-state index contributed by atoms with van der Waals surface area (Å²) in [6, 6.07) is 12.7. The van der Waals surface area contributed by atoms with Gasteiger partial charge in [-0.3, -0.25) is 4.90 Å². The summed E-state index contributed by atoms with van der Waals surface area (Å²) in [4.78, 5) is 15.6. The number of anilines is 2. The van der Waals surface area contributed by atoms with Crippen molar-refractivity contribution in [3.05, 3.63) is 71.6 Å². The van der Waals surface area contributed by atoms with Gasteiger partial charge in [-0.05, 0) is 49.2 Å². The monoisotopic (exact) mass is 385 g/mol. The molecular weight excluding hydrogens is 362 g/mol. The van der Waals surface area contributed by atoms with Crippen LogP contribution in [0.15, 0.2) is 49.1 Å². The van der Waals surface area contributed by atoms with Crippen molar-refractivity contribution in [3.63, 3.8) is 0 Å². The van der Waals surface area contributed by atoms with Crippen molar-refractivity contribution in [3.8, 4) is 0 Å². The number of aryl methyl sites for hydroxylation is 2. The predicted octanol–water partition coefficient (Wildman–Crippen LogP) is 3.60. The molecule has 7 heteroatoms. The fourth-order valence-electron chi connectivity index (χ4n) is 3.85. The first-order valence-corrected chi connectivity index (χ1v) is 9.83. The Morgan fingerprint density at radius 2 is 1.90 bits per heavy atom. The lowest BCUT2D eigenvalue weighted by Gasteiger charge is -2.27. The zero-order valence-electron chi connectivity index (χ0n) is 16.6. The van der Waals surface area contributed by atoms with Crippen molar-refractivity contribution in [2.45, 2.75) is 33.5 Å². The van der Waals surface area contributed by atoms with Crippen molar-refractivity contribution in [2.75, 3.05) is 11.9 Å². The van der Waals surface area contributed by atoms with E-state index in [1.54, 1.807) is 12.7 Å². The maximum Gasteiger partial charge on any atom is 0.141 e. The van der Waals surface area contributed by atoms with E-state index < -0.39 is 0 Å². The maximum absolute atomic E-state index is 4.46. The average molecular weight is 385 g/mol. The number of aromatic nitrogens is 5. The first kappa shape index (κ1) is 17.8. The van der Waals surface area contributed by atoms with E-state index in [-0.39, 0.29) is 0 Å². The Labute approximate surface area is 169 Å². The van der Waals surface area contributed by atoms with Crippen molar-refractivity contribution in [1.29, 1.82) is 0 Å². The van der Waals surface area contributed by atoms with Gasteiger partial charge in [0.05, 0.1) is 18.6 Å². The van der Waals surface area contributed by atoms with Crippen LogP contribution in [0, 0.1) is 13.8 Å². The molecule has 3 heterocycles. The van der Waals surface area contributed by atoms with Crippen molar-refractivity contribution < 1.29 is 0 Å². The van der Waals surface area contributed by atoms with Crippen LogP contribution in [0.5, 0.6) is 0 Å². The summed E-state index contributed by atoms with van der Waals surface area (Å²) in [5.41, 5.74) is 5.76. The molecule has 146 valence electrons. The molecule has 0 aliphatic carbocycles. The van der Waals surface area contributed by atoms with Gasteiger partial charge in [0.2, 0.25) is 0 Å². The third kappa shape index (κ3) is 3.56. The Balaban J connectivity index is 1.35. The highest BCUT2D eigenvalue weighted by Crippen LogP contribution is 2.26. The van der Waals surface area contributed by atoms with Crippen molar-refractivity contribution in [1.82, 2.24) is 29.6 Å². The number of fused-ring (bicyclic) bond motifs is 2. The second-order valence-corrected chi connectivity index (χ2v) is 7.62. The van der Waals surface area contributed by atoms with Gasteiger partial charge in [0.25, 0.3) is 0 Å². The zero-order valence-corrected chi connectivity index (χ0v) is 16.6. The van der Waals surface area contributed by atoms with Crippen molar-refractivity contribution in [2.24, 2.45) is 0 Å². The van der Waals surface area contributed by atoms with Gasteiger partial charge in [0, 0.05) is 24.2 Å². The van der Waals surface area contributed by atoms with Crippen LogP contribution in [0.3, 0.4) is 0 Å². The van der Waals surface area contributed by atoms with Gasteiger partial charge >= 0.3 is 0 Å². The highest BCUT2D eigenvalue weighted by atomic mass is 15.4. The number of hydrogen-bond donors (Lipinski definition) is 1. The van der Waals surface area contributed by atoms with E-state index in [1.165, 1.54) is 16.7 Å². The lowest BCUT2D eigenvalue weighted by Crippen LogP contribution is -2.34. The molecule has 29 heavy (non-hydrogen) atoms. The Morgan fingerprint density at radius 3 is 2.79 bits per heavy atom. The molecule has 0 radical (unpaired) electrons. The minimum absolute atomic E-state index is 0.834. The SMILES string of the molecule is Cc1ccc2ncnc(Nc3ccc(CN4CCn5ncnc5C4)c(C)c3)c2c1. The summed E-state index contributed by atoms with van der Waals surface area (Å²) >= 11 is 0. The molecule has 0 bridgehead atoms. The molecule has 0 saturated heterocycles. The Morgan fingerprint density at radius 1 is 0.966 bits per heavy atom. The van der Waals surface area contributed by atoms with Gasteiger partial charge in [0.1, 0.15) is 24.3 Å². The number of benzene rings is 2. The minimum Gasteiger partial charge on any atom is -0.340 e. The molecule has 4 aromatic rings. The normalized spacial score (nSPS) is 14.1. The highest BCUT2D eigenvalue weighted by molar-refractivity contribution is 5.91. The molecule has 0 atom stereocenters. The van der Waals surface area contributed by atoms with Crippen LogP contribution in [0.1, 0.15) is 22.5 Å². The van der Waals surface area contributed by atoms with E-state index in [0.29, 0.717) is 0 Å². The summed E-state index contributed by atoms with van der Waals surface area (Å²) in [5, 5.41) is 8.76. The molecule has 1 aliphatic heterocycles. The van der Waals surface area contributed by atoms with Crippen LogP contribution in [-0.2, 0) is 19.6 Å². The summed E-state index contributed by atoms with van der Waals surface area (Å²) in [6.07, 6.45) is 3.25. The largest absolute Gasteiger partial charge is 0.340 e. The van der Waals surface area contributed by atoms with Gasteiger partial charge in [-0.25, -0.2) is 19.6 Å². The van der Waals surface area contributed by atoms with Gasteiger partial charge < -0.3 is 5.32 Å². The summed E-state index contributed by atoms with van der Waals surface area (Å²) < 4.78 is 1.99. The van der Waals surface area contributed by atoms with Gasteiger partial charge in [-0.1, -0.05) is 17.7 Å². The lowest BCUT2D eigenvalue weighted by molar-refractivity contribution is 0.201.